The lowest BCUT2D eigenvalue weighted by Gasteiger charge is -2.31. The Morgan fingerprint density at radius 3 is 2.63 bits per heavy atom. The van der Waals surface area contributed by atoms with Crippen LogP contribution in [0.3, 0.4) is 0 Å². The molecule has 2 amide bonds. The Hall–Kier alpha value is -2.61. The van der Waals surface area contributed by atoms with Crippen LogP contribution in [0.2, 0.25) is 0 Å². The van der Waals surface area contributed by atoms with Gasteiger partial charge < -0.3 is 19.7 Å². The number of rotatable bonds is 3. The number of piperidine rings is 1. The van der Waals surface area contributed by atoms with Gasteiger partial charge in [-0.15, -0.1) is 0 Å². The number of pyridine rings is 1. The Morgan fingerprint density at radius 1 is 1.11 bits per heavy atom. The number of nitrogens with one attached hydrogen (secondary N) is 1. The summed E-state index contributed by atoms with van der Waals surface area (Å²) in [7, 11) is 0. The summed E-state index contributed by atoms with van der Waals surface area (Å²) in [6.45, 7) is 1.26. The van der Waals surface area contributed by atoms with E-state index >= 15 is 0 Å². The monoisotopic (exact) mass is 431 g/mol. The number of fused-ring (bicyclic) bond motifs is 1. The molecule has 0 atom stereocenters. The molecule has 0 bridgehead atoms. The van der Waals surface area contributed by atoms with Crippen molar-refractivity contribution in [3.05, 3.63) is 46.6 Å². The molecular formula is C19H18BrN3O4. The number of benzene rings is 1. The summed E-state index contributed by atoms with van der Waals surface area (Å²) in [5.74, 6) is 1.54. The van der Waals surface area contributed by atoms with Gasteiger partial charge in [0.25, 0.3) is 5.91 Å². The van der Waals surface area contributed by atoms with Crippen LogP contribution in [0.5, 0.6) is 11.5 Å². The number of nitrogens with zero attached hydrogens (tertiary/aromatic N) is 2. The van der Waals surface area contributed by atoms with Crippen LogP contribution >= 0.6 is 15.9 Å². The van der Waals surface area contributed by atoms with Gasteiger partial charge >= 0.3 is 0 Å². The highest BCUT2D eigenvalue weighted by molar-refractivity contribution is 9.10. The van der Waals surface area contributed by atoms with E-state index in [9.17, 15) is 9.59 Å². The molecule has 0 radical (unpaired) electrons. The summed E-state index contributed by atoms with van der Waals surface area (Å²) in [4.78, 5) is 31.1. The van der Waals surface area contributed by atoms with E-state index in [-0.39, 0.29) is 24.5 Å². The van der Waals surface area contributed by atoms with Crippen molar-refractivity contribution in [1.82, 2.24) is 9.88 Å². The summed E-state index contributed by atoms with van der Waals surface area (Å²) < 4.78 is 11.5. The number of hydrogen-bond acceptors (Lipinski definition) is 5. The van der Waals surface area contributed by atoms with Crippen molar-refractivity contribution >= 4 is 33.6 Å². The Morgan fingerprint density at radius 2 is 1.89 bits per heavy atom. The maximum atomic E-state index is 12.7. The van der Waals surface area contributed by atoms with Gasteiger partial charge in [-0.1, -0.05) is 0 Å². The van der Waals surface area contributed by atoms with E-state index in [1.807, 2.05) is 6.07 Å². The van der Waals surface area contributed by atoms with Crippen LogP contribution in [0.4, 0.5) is 5.82 Å². The summed E-state index contributed by atoms with van der Waals surface area (Å²) in [6.07, 6.45) is 2.89. The molecule has 0 aliphatic carbocycles. The number of carbonyl (C=O) groups is 2. The van der Waals surface area contributed by atoms with E-state index in [0.717, 1.165) is 4.47 Å². The molecule has 1 aromatic carbocycles. The van der Waals surface area contributed by atoms with E-state index in [1.54, 1.807) is 35.4 Å². The first kappa shape index (κ1) is 17.8. The average Bonchev–Trinajstić information content (AvgIpc) is 3.17. The number of aromatic nitrogens is 1. The van der Waals surface area contributed by atoms with Gasteiger partial charge in [-0.25, -0.2) is 4.98 Å². The fourth-order valence-electron chi connectivity index (χ4n) is 3.23. The smallest absolute Gasteiger partial charge is 0.253 e. The fourth-order valence-corrected chi connectivity index (χ4v) is 3.47. The minimum atomic E-state index is -0.128. The zero-order valence-corrected chi connectivity index (χ0v) is 16.1. The number of anilines is 1. The minimum absolute atomic E-state index is 0.0539. The van der Waals surface area contributed by atoms with Crippen LogP contribution in [0.1, 0.15) is 23.2 Å². The molecule has 3 heterocycles. The normalized spacial score (nSPS) is 16.3. The molecule has 1 N–H and O–H groups in total. The van der Waals surface area contributed by atoms with Gasteiger partial charge in [-0.3, -0.25) is 9.59 Å². The second-order valence-electron chi connectivity index (χ2n) is 6.49. The van der Waals surface area contributed by atoms with E-state index in [4.69, 9.17) is 9.47 Å². The third-order valence-corrected chi connectivity index (χ3v) is 5.22. The van der Waals surface area contributed by atoms with Crippen LogP contribution in [0, 0.1) is 5.92 Å². The van der Waals surface area contributed by atoms with Crippen molar-refractivity contribution < 1.29 is 19.1 Å². The van der Waals surface area contributed by atoms with Crippen LogP contribution < -0.4 is 14.8 Å². The second kappa shape index (κ2) is 7.56. The highest BCUT2D eigenvalue weighted by Crippen LogP contribution is 2.33. The third-order valence-electron chi connectivity index (χ3n) is 4.75. The average molecular weight is 432 g/mol. The maximum absolute atomic E-state index is 12.7. The molecule has 4 rings (SSSR count). The standard InChI is InChI=1S/C19H18BrN3O4/c20-14-2-4-17(21-10-14)22-18(24)12-5-7-23(8-6-12)19(25)13-1-3-15-16(9-13)27-11-26-15/h1-4,9-10,12H,5-8,11H2,(H,21,22,24). The molecule has 140 valence electrons. The zero-order valence-electron chi connectivity index (χ0n) is 14.5. The van der Waals surface area contributed by atoms with Gasteiger partial charge in [0.15, 0.2) is 11.5 Å². The van der Waals surface area contributed by atoms with Crippen LogP contribution in [-0.4, -0.2) is 41.6 Å². The largest absolute Gasteiger partial charge is 0.454 e. The Balaban J connectivity index is 1.33. The predicted octanol–water partition coefficient (Wildman–Crippen LogP) is 3.06. The van der Waals surface area contributed by atoms with Crippen LogP contribution in [0.15, 0.2) is 41.0 Å². The Bertz CT molecular complexity index is 864. The number of carbonyl (C=O) groups excluding carboxylic acids is 2. The molecule has 0 unspecified atom stereocenters. The molecular weight excluding hydrogens is 414 g/mol. The number of likely N-dealkylation sites (tertiary alicyclic amines) is 1. The summed E-state index contributed by atoms with van der Waals surface area (Å²) in [6, 6.07) is 8.78. The summed E-state index contributed by atoms with van der Waals surface area (Å²) >= 11 is 3.32. The van der Waals surface area contributed by atoms with Crippen LogP contribution in [-0.2, 0) is 4.79 Å². The topological polar surface area (TPSA) is 80.8 Å². The van der Waals surface area contributed by atoms with Crippen molar-refractivity contribution in [3.8, 4) is 11.5 Å². The molecule has 1 fully saturated rings. The van der Waals surface area contributed by atoms with Crippen molar-refractivity contribution in [2.45, 2.75) is 12.8 Å². The molecule has 0 saturated carbocycles. The highest BCUT2D eigenvalue weighted by Gasteiger charge is 2.28. The Labute approximate surface area is 164 Å². The van der Waals surface area contributed by atoms with Crippen molar-refractivity contribution in [2.75, 3.05) is 25.2 Å². The van der Waals surface area contributed by atoms with E-state index < -0.39 is 0 Å². The fraction of sp³-hybridized carbons (Fsp3) is 0.316. The molecule has 2 aromatic rings. The molecule has 2 aliphatic rings. The van der Waals surface area contributed by atoms with Gasteiger partial charge in [0, 0.05) is 35.2 Å². The van der Waals surface area contributed by atoms with Gasteiger partial charge in [-0.2, -0.15) is 0 Å². The number of amides is 2. The first-order valence-electron chi connectivity index (χ1n) is 8.71. The van der Waals surface area contributed by atoms with Crippen molar-refractivity contribution in [3.63, 3.8) is 0 Å². The van der Waals surface area contributed by atoms with E-state index in [1.165, 1.54) is 0 Å². The van der Waals surface area contributed by atoms with Gasteiger partial charge in [0.2, 0.25) is 12.7 Å². The molecule has 0 spiro atoms. The number of hydrogen-bond donors (Lipinski definition) is 1. The molecule has 27 heavy (non-hydrogen) atoms. The van der Waals surface area contributed by atoms with Gasteiger partial charge in [0.1, 0.15) is 5.82 Å². The number of ether oxygens (including phenoxy) is 2. The van der Waals surface area contributed by atoms with Gasteiger partial charge in [0.05, 0.1) is 0 Å². The van der Waals surface area contributed by atoms with E-state index in [0.29, 0.717) is 48.8 Å². The second-order valence-corrected chi connectivity index (χ2v) is 7.40. The van der Waals surface area contributed by atoms with Crippen molar-refractivity contribution in [1.29, 1.82) is 0 Å². The highest BCUT2D eigenvalue weighted by atomic mass is 79.9. The molecule has 1 saturated heterocycles. The van der Waals surface area contributed by atoms with Crippen LogP contribution in [0.25, 0.3) is 0 Å². The first-order valence-corrected chi connectivity index (χ1v) is 9.51. The quantitative estimate of drug-likeness (QED) is 0.807. The lowest BCUT2D eigenvalue weighted by molar-refractivity contribution is -0.121. The maximum Gasteiger partial charge on any atom is 0.253 e. The van der Waals surface area contributed by atoms with Crippen molar-refractivity contribution in [2.24, 2.45) is 5.92 Å². The molecule has 8 heteroatoms. The van der Waals surface area contributed by atoms with E-state index in [2.05, 4.69) is 26.2 Å². The lowest BCUT2D eigenvalue weighted by Crippen LogP contribution is -2.41. The predicted molar refractivity (Wildman–Crippen MR) is 102 cm³/mol. The number of halogens is 1. The summed E-state index contributed by atoms with van der Waals surface area (Å²) in [5, 5.41) is 2.84. The summed E-state index contributed by atoms with van der Waals surface area (Å²) in [5.41, 5.74) is 0.571. The SMILES string of the molecule is O=C(Nc1ccc(Br)cn1)C1CCN(C(=O)c2ccc3c(c2)OCO3)CC1. The Kier molecular flexibility index (Phi) is 4.98. The third kappa shape index (κ3) is 3.90. The lowest BCUT2D eigenvalue weighted by atomic mass is 9.95. The molecule has 1 aromatic heterocycles. The first-order chi connectivity index (χ1) is 13.1. The molecule has 2 aliphatic heterocycles. The van der Waals surface area contributed by atoms with Gasteiger partial charge in [-0.05, 0) is 59.1 Å². The minimum Gasteiger partial charge on any atom is -0.454 e. The molecule has 7 nitrogen and oxygen atoms in total. The zero-order chi connectivity index (χ0) is 18.8.